The Kier molecular flexibility index (Phi) is 4.83. The van der Waals surface area contributed by atoms with Gasteiger partial charge in [-0.3, -0.25) is 9.59 Å². The third kappa shape index (κ3) is 2.84. The maximum atomic E-state index is 13.2. The summed E-state index contributed by atoms with van der Waals surface area (Å²) in [6.07, 6.45) is -0.0952. The van der Waals surface area contributed by atoms with Gasteiger partial charge in [0, 0.05) is 44.6 Å². The van der Waals surface area contributed by atoms with Crippen LogP contribution in [0.15, 0.2) is 18.2 Å². The highest BCUT2D eigenvalue weighted by atomic mass is 127. The Morgan fingerprint density at radius 3 is 2.62 bits per heavy atom. The number of alkyl halides is 1. The summed E-state index contributed by atoms with van der Waals surface area (Å²) in [5.41, 5.74) is -0.00987. The van der Waals surface area contributed by atoms with E-state index < -0.39 is 27.7 Å². The first kappa shape index (κ1) is 20.1. The zero-order chi connectivity index (χ0) is 21.1. The Labute approximate surface area is 180 Å². The molecule has 2 aromatic carbocycles. The second kappa shape index (κ2) is 6.96. The summed E-state index contributed by atoms with van der Waals surface area (Å²) in [5.74, 6) is -1.15. The van der Waals surface area contributed by atoms with E-state index in [1.807, 2.05) is 22.6 Å². The summed E-state index contributed by atoms with van der Waals surface area (Å²) >= 11 is 1.99. The molecule has 1 unspecified atom stereocenters. The lowest BCUT2D eigenvalue weighted by molar-refractivity contribution is -0.141. The molecule has 4 rings (SSSR count). The first-order chi connectivity index (χ1) is 13.7. The van der Waals surface area contributed by atoms with Gasteiger partial charge in [0.25, 0.3) is 0 Å². The SMILES string of the molecule is COc1cccc2c1Cc1c(O)c3c(c(O)c1C2=O)C[C@@](O)(C(=O)CO)CC3I. The first-order valence-electron chi connectivity index (χ1n) is 9.04. The topological polar surface area (TPSA) is 124 Å². The number of hydrogen-bond acceptors (Lipinski definition) is 7. The lowest BCUT2D eigenvalue weighted by atomic mass is 9.73. The average molecular weight is 510 g/mol. The largest absolute Gasteiger partial charge is 0.507 e. The minimum absolute atomic E-state index is 0.0143. The van der Waals surface area contributed by atoms with Crippen molar-refractivity contribution in [2.75, 3.05) is 13.7 Å². The van der Waals surface area contributed by atoms with Gasteiger partial charge in [-0.1, -0.05) is 34.7 Å². The van der Waals surface area contributed by atoms with E-state index in [2.05, 4.69) is 0 Å². The molecule has 2 atom stereocenters. The van der Waals surface area contributed by atoms with E-state index in [-0.39, 0.29) is 41.9 Å². The van der Waals surface area contributed by atoms with Crippen molar-refractivity contribution < 1.29 is 34.8 Å². The van der Waals surface area contributed by atoms with Crippen LogP contribution in [0.5, 0.6) is 17.2 Å². The molecular formula is C21H19IO7. The molecule has 29 heavy (non-hydrogen) atoms. The normalized spacial score (nSPS) is 22.5. The summed E-state index contributed by atoms with van der Waals surface area (Å²) in [6.45, 7) is -0.834. The molecule has 8 heteroatoms. The first-order valence-corrected chi connectivity index (χ1v) is 10.3. The second-order valence-electron chi connectivity index (χ2n) is 7.40. The van der Waals surface area contributed by atoms with Crippen LogP contribution in [0, 0.1) is 0 Å². The van der Waals surface area contributed by atoms with Crippen LogP contribution < -0.4 is 4.74 Å². The molecule has 0 saturated carbocycles. The summed E-state index contributed by atoms with van der Waals surface area (Å²) in [5, 5.41) is 42.0. The smallest absolute Gasteiger partial charge is 0.197 e. The number of hydrogen-bond donors (Lipinski definition) is 4. The highest BCUT2D eigenvalue weighted by Crippen LogP contribution is 2.53. The highest BCUT2D eigenvalue weighted by Gasteiger charge is 2.46. The van der Waals surface area contributed by atoms with E-state index in [1.54, 1.807) is 18.2 Å². The number of halogens is 1. The number of Topliss-reactive ketones (excluding diaryl/α,β-unsaturated/α-hetero) is 1. The lowest BCUT2D eigenvalue weighted by Crippen LogP contribution is -2.46. The van der Waals surface area contributed by atoms with Crippen molar-refractivity contribution in [1.29, 1.82) is 0 Å². The Balaban J connectivity index is 1.94. The van der Waals surface area contributed by atoms with Gasteiger partial charge in [0.2, 0.25) is 0 Å². The fraction of sp³-hybridized carbons (Fsp3) is 0.333. The number of aliphatic hydroxyl groups excluding tert-OH is 1. The number of methoxy groups -OCH3 is 1. The molecule has 7 nitrogen and oxygen atoms in total. The Hall–Kier alpha value is -2.17. The number of rotatable bonds is 3. The van der Waals surface area contributed by atoms with Crippen molar-refractivity contribution in [2.24, 2.45) is 0 Å². The quantitative estimate of drug-likeness (QED) is 0.241. The molecule has 0 radical (unpaired) electrons. The Morgan fingerprint density at radius 1 is 1.24 bits per heavy atom. The number of phenols is 2. The molecule has 0 aromatic heterocycles. The fourth-order valence-corrected chi connectivity index (χ4v) is 5.76. The minimum Gasteiger partial charge on any atom is -0.507 e. The van der Waals surface area contributed by atoms with Crippen LogP contribution in [-0.4, -0.2) is 51.3 Å². The molecule has 2 aliphatic rings. The number of fused-ring (bicyclic) bond motifs is 3. The number of ether oxygens (including phenoxy) is 1. The molecule has 0 heterocycles. The number of carbonyl (C=O) groups excluding carboxylic acids is 2. The van der Waals surface area contributed by atoms with Gasteiger partial charge in [-0.05, 0) is 12.5 Å². The van der Waals surface area contributed by atoms with Gasteiger partial charge in [0.05, 0.1) is 12.7 Å². The minimum atomic E-state index is -1.87. The molecule has 0 saturated heterocycles. The van der Waals surface area contributed by atoms with Crippen molar-refractivity contribution in [3.63, 3.8) is 0 Å². The van der Waals surface area contributed by atoms with Crippen LogP contribution in [0.1, 0.15) is 48.5 Å². The molecular weight excluding hydrogens is 491 g/mol. The van der Waals surface area contributed by atoms with Crippen molar-refractivity contribution in [2.45, 2.75) is 28.8 Å². The van der Waals surface area contributed by atoms with Crippen LogP contribution >= 0.6 is 22.6 Å². The third-order valence-corrected chi connectivity index (χ3v) is 6.89. The molecule has 0 spiro atoms. The van der Waals surface area contributed by atoms with E-state index in [9.17, 15) is 30.0 Å². The molecule has 2 aliphatic carbocycles. The number of aromatic hydroxyl groups is 2. The van der Waals surface area contributed by atoms with Crippen LogP contribution in [0.25, 0.3) is 0 Å². The Morgan fingerprint density at radius 2 is 1.97 bits per heavy atom. The number of ketones is 2. The van der Waals surface area contributed by atoms with Crippen molar-refractivity contribution in [1.82, 2.24) is 0 Å². The van der Waals surface area contributed by atoms with Crippen LogP contribution in [0.4, 0.5) is 0 Å². The molecule has 2 aromatic rings. The van der Waals surface area contributed by atoms with Gasteiger partial charge in [-0.15, -0.1) is 0 Å². The van der Waals surface area contributed by atoms with Crippen LogP contribution in [0.2, 0.25) is 0 Å². The standard InChI is InChI=1S/C21H19IO7/c1-29-14-4-2-3-9-10(14)5-11-17(18(9)25)20(27)12-6-21(28,15(24)8-23)7-13(22)16(12)19(11)26/h2-4,13,23,26-28H,5-8H2,1H3/t13?,21-/m0/s1. The number of benzene rings is 2. The summed E-state index contributed by atoms with van der Waals surface area (Å²) in [7, 11) is 1.50. The molecule has 0 amide bonds. The maximum Gasteiger partial charge on any atom is 0.197 e. The van der Waals surface area contributed by atoms with E-state index in [1.165, 1.54) is 7.11 Å². The van der Waals surface area contributed by atoms with Crippen LogP contribution in [-0.2, 0) is 17.6 Å². The van der Waals surface area contributed by atoms with E-state index >= 15 is 0 Å². The van der Waals surface area contributed by atoms with Gasteiger partial charge < -0.3 is 25.2 Å². The van der Waals surface area contributed by atoms with E-state index in [4.69, 9.17) is 4.74 Å². The molecule has 0 bridgehead atoms. The molecule has 0 aliphatic heterocycles. The van der Waals surface area contributed by atoms with Gasteiger partial charge in [-0.25, -0.2) is 0 Å². The number of aliphatic hydroxyl groups is 2. The second-order valence-corrected chi connectivity index (χ2v) is 8.90. The molecule has 4 N–H and O–H groups in total. The molecule has 152 valence electrons. The van der Waals surface area contributed by atoms with Crippen LogP contribution in [0.3, 0.4) is 0 Å². The van der Waals surface area contributed by atoms with Crippen molar-refractivity contribution >= 4 is 34.2 Å². The average Bonchev–Trinajstić information content (AvgIpc) is 2.70. The Bertz CT molecular complexity index is 1060. The fourth-order valence-electron chi connectivity index (χ4n) is 4.36. The van der Waals surface area contributed by atoms with Gasteiger partial charge in [-0.2, -0.15) is 0 Å². The van der Waals surface area contributed by atoms with E-state index in [0.29, 0.717) is 28.0 Å². The number of phenolic OH excluding ortho intramolecular Hbond substituents is 2. The zero-order valence-corrected chi connectivity index (χ0v) is 17.7. The van der Waals surface area contributed by atoms with Gasteiger partial charge in [0.1, 0.15) is 29.5 Å². The number of carbonyl (C=O) groups is 2. The predicted molar refractivity (Wildman–Crippen MR) is 111 cm³/mol. The lowest BCUT2D eigenvalue weighted by Gasteiger charge is -2.37. The highest BCUT2D eigenvalue weighted by molar-refractivity contribution is 14.1. The summed E-state index contributed by atoms with van der Waals surface area (Å²) < 4.78 is 4.86. The zero-order valence-electron chi connectivity index (χ0n) is 15.5. The summed E-state index contributed by atoms with van der Waals surface area (Å²) in [6, 6.07) is 5.04. The summed E-state index contributed by atoms with van der Waals surface area (Å²) in [4.78, 5) is 25.3. The van der Waals surface area contributed by atoms with Crippen molar-refractivity contribution in [3.8, 4) is 17.2 Å². The van der Waals surface area contributed by atoms with Gasteiger partial charge in [0.15, 0.2) is 11.6 Å². The van der Waals surface area contributed by atoms with Crippen molar-refractivity contribution in [3.05, 3.63) is 51.6 Å². The third-order valence-electron chi connectivity index (χ3n) is 5.83. The molecule has 0 fully saturated rings. The maximum absolute atomic E-state index is 13.2. The van der Waals surface area contributed by atoms with E-state index in [0.717, 1.165) is 0 Å². The van der Waals surface area contributed by atoms with Gasteiger partial charge >= 0.3 is 0 Å². The predicted octanol–water partition coefficient (Wildman–Crippen LogP) is 1.96. The monoisotopic (exact) mass is 510 g/mol.